The number of hydrogen-bond donors (Lipinski definition) is 2. The van der Waals surface area contributed by atoms with Gasteiger partial charge in [0, 0.05) is 19.6 Å². The van der Waals surface area contributed by atoms with Gasteiger partial charge in [-0.25, -0.2) is 0 Å². The number of para-hydroxylation sites is 2. The van der Waals surface area contributed by atoms with Crippen molar-refractivity contribution in [1.29, 1.82) is 0 Å². The fourth-order valence-electron chi connectivity index (χ4n) is 2.02. The number of rotatable bonds is 3. The topological polar surface area (TPSA) is 64.3 Å². The number of carbonyl (C=O) groups is 1. The summed E-state index contributed by atoms with van der Waals surface area (Å²) in [6, 6.07) is 7.31. The zero-order chi connectivity index (χ0) is 12.1. The molecule has 3 N–H and O–H groups in total. The van der Waals surface area contributed by atoms with Crippen molar-refractivity contribution in [2.24, 2.45) is 5.92 Å². The first-order valence-electron chi connectivity index (χ1n) is 5.98. The van der Waals surface area contributed by atoms with Gasteiger partial charge in [-0.1, -0.05) is 12.1 Å². The predicted octanol–water partition coefficient (Wildman–Crippen LogP) is 2.02. The van der Waals surface area contributed by atoms with Crippen molar-refractivity contribution in [1.82, 2.24) is 0 Å². The number of nitrogens with two attached hydrogens (primary N) is 1. The number of ether oxygens (including phenoxy) is 1. The summed E-state index contributed by atoms with van der Waals surface area (Å²) < 4.78 is 5.27. The van der Waals surface area contributed by atoms with Gasteiger partial charge in [0.2, 0.25) is 5.91 Å². The number of hydrogen-bond acceptors (Lipinski definition) is 3. The van der Waals surface area contributed by atoms with Gasteiger partial charge in [-0.2, -0.15) is 0 Å². The minimum atomic E-state index is 0.0369. The number of nitrogen functional groups attached to an aromatic ring is 1. The van der Waals surface area contributed by atoms with E-state index in [4.69, 9.17) is 10.5 Å². The second kappa shape index (κ2) is 5.68. The molecule has 1 saturated heterocycles. The largest absolute Gasteiger partial charge is 0.397 e. The summed E-state index contributed by atoms with van der Waals surface area (Å²) in [5.74, 6) is 0.475. The van der Waals surface area contributed by atoms with Gasteiger partial charge in [-0.05, 0) is 30.9 Å². The van der Waals surface area contributed by atoms with E-state index < -0.39 is 0 Å². The van der Waals surface area contributed by atoms with Gasteiger partial charge in [0.05, 0.1) is 11.4 Å². The predicted molar refractivity (Wildman–Crippen MR) is 67.6 cm³/mol. The maximum absolute atomic E-state index is 11.8. The SMILES string of the molecule is Nc1ccccc1NC(=O)CC1CCOCC1. The highest BCUT2D eigenvalue weighted by atomic mass is 16.5. The van der Waals surface area contributed by atoms with E-state index in [2.05, 4.69) is 5.32 Å². The molecule has 0 unspecified atom stereocenters. The molecule has 1 aromatic rings. The summed E-state index contributed by atoms with van der Waals surface area (Å²) in [6.45, 7) is 1.54. The van der Waals surface area contributed by atoms with Crippen LogP contribution in [0, 0.1) is 5.92 Å². The van der Waals surface area contributed by atoms with E-state index in [0.717, 1.165) is 26.1 Å². The fraction of sp³-hybridized carbons (Fsp3) is 0.462. The van der Waals surface area contributed by atoms with Crippen LogP contribution in [-0.2, 0) is 9.53 Å². The van der Waals surface area contributed by atoms with Crippen LogP contribution >= 0.6 is 0 Å². The second-order valence-corrected chi connectivity index (χ2v) is 4.40. The lowest BCUT2D eigenvalue weighted by Gasteiger charge is -2.21. The summed E-state index contributed by atoms with van der Waals surface area (Å²) in [6.07, 6.45) is 2.49. The third kappa shape index (κ3) is 3.46. The van der Waals surface area contributed by atoms with Crippen molar-refractivity contribution in [3.8, 4) is 0 Å². The van der Waals surface area contributed by atoms with Crippen LogP contribution in [0.5, 0.6) is 0 Å². The van der Waals surface area contributed by atoms with Crippen molar-refractivity contribution in [3.05, 3.63) is 24.3 Å². The Morgan fingerprint density at radius 2 is 2.06 bits per heavy atom. The molecule has 4 heteroatoms. The fourth-order valence-corrected chi connectivity index (χ4v) is 2.02. The van der Waals surface area contributed by atoms with Crippen molar-refractivity contribution in [3.63, 3.8) is 0 Å². The third-order valence-electron chi connectivity index (χ3n) is 3.05. The molecule has 0 bridgehead atoms. The van der Waals surface area contributed by atoms with Crippen LogP contribution in [0.2, 0.25) is 0 Å². The van der Waals surface area contributed by atoms with E-state index in [-0.39, 0.29) is 5.91 Å². The first kappa shape index (κ1) is 11.9. The van der Waals surface area contributed by atoms with Crippen LogP contribution < -0.4 is 11.1 Å². The molecule has 17 heavy (non-hydrogen) atoms. The van der Waals surface area contributed by atoms with E-state index >= 15 is 0 Å². The minimum absolute atomic E-state index is 0.0369. The van der Waals surface area contributed by atoms with Gasteiger partial charge in [0.25, 0.3) is 0 Å². The first-order chi connectivity index (χ1) is 8.25. The zero-order valence-electron chi connectivity index (χ0n) is 9.82. The summed E-state index contributed by atoms with van der Waals surface area (Å²) in [7, 11) is 0. The van der Waals surface area contributed by atoms with Crippen molar-refractivity contribution >= 4 is 17.3 Å². The Morgan fingerprint density at radius 3 is 2.76 bits per heavy atom. The summed E-state index contributed by atoms with van der Waals surface area (Å²) in [5.41, 5.74) is 7.07. The van der Waals surface area contributed by atoms with Gasteiger partial charge < -0.3 is 15.8 Å². The Morgan fingerprint density at radius 1 is 1.35 bits per heavy atom. The Labute approximate surface area is 101 Å². The molecular weight excluding hydrogens is 216 g/mol. The van der Waals surface area contributed by atoms with E-state index in [9.17, 15) is 4.79 Å². The monoisotopic (exact) mass is 234 g/mol. The van der Waals surface area contributed by atoms with Gasteiger partial charge in [0.15, 0.2) is 0 Å². The quantitative estimate of drug-likeness (QED) is 0.786. The molecular formula is C13H18N2O2. The number of carbonyl (C=O) groups excluding carboxylic acids is 1. The number of nitrogens with one attached hydrogen (secondary N) is 1. The zero-order valence-corrected chi connectivity index (χ0v) is 9.82. The molecule has 0 atom stereocenters. The highest BCUT2D eigenvalue weighted by Crippen LogP contribution is 2.21. The van der Waals surface area contributed by atoms with E-state index in [0.29, 0.717) is 23.7 Å². The molecule has 1 heterocycles. The number of benzene rings is 1. The Balaban J connectivity index is 1.86. The Bertz CT molecular complexity index is 387. The lowest BCUT2D eigenvalue weighted by molar-refractivity contribution is -0.117. The Hall–Kier alpha value is -1.55. The van der Waals surface area contributed by atoms with Crippen molar-refractivity contribution in [2.75, 3.05) is 24.3 Å². The van der Waals surface area contributed by atoms with Crippen LogP contribution in [0.25, 0.3) is 0 Å². The summed E-state index contributed by atoms with van der Waals surface area (Å²) in [4.78, 5) is 11.8. The van der Waals surface area contributed by atoms with Crippen LogP contribution in [0.4, 0.5) is 11.4 Å². The molecule has 92 valence electrons. The van der Waals surface area contributed by atoms with E-state index in [1.165, 1.54) is 0 Å². The van der Waals surface area contributed by atoms with Crippen LogP contribution in [0.15, 0.2) is 24.3 Å². The molecule has 0 aromatic heterocycles. The molecule has 0 saturated carbocycles. The average Bonchev–Trinajstić information content (AvgIpc) is 2.33. The maximum Gasteiger partial charge on any atom is 0.224 e. The van der Waals surface area contributed by atoms with Crippen LogP contribution in [0.3, 0.4) is 0 Å². The highest BCUT2D eigenvalue weighted by Gasteiger charge is 2.17. The van der Waals surface area contributed by atoms with Crippen molar-refractivity contribution < 1.29 is 9.53 Å². The molecule has 1 aliphatic heterocycles. The molecule has 2 rings (SSSR count). The molecule has 1 aromatic carbocycles. The number of amides is 1. The lowest BCUT2D eigenvalue weighted by atomic mass is 9.96. The van der Waals surface area contributed by atoms with Gasteiger partial charge in [-0.3, -0.25) is 4.79 Å². The minimum Gasteiger partial charge on any atom is -0.397 e. The molecule has 1 amide bonds. The standard InChI is InChI=1S/C13H18N2O2/c14-11-3-1-2-4-12(11)15-13(16)9-10-5-7-17-8-6-10/h1-4,10H,5-9,14H2,(H,15,16). The Kier molecular flexibility index (Phi) is 3.98. The summed E-state index contributed by atoms with van der Waals surface area (Å²) in [5, 5.41) is 2.85. The molecule has 0 aliphatic carbocycles. The van der Waals surface area contributed by atoms with Crippen molar-refractivity contribution in [2.45, 2.75) is 19.3 Å². The molecule has 0 spiro atoms. The normalized spacial score (nSPS) is 16.7. The highest BCUT2D eigenvalue weighted by molar-refractivity contribution is 5.93. The molecule has 0 radical (unpaired) electrons. The average molecular weight is 234 g/mol. The van der Waals surface area contributed by atoms with Gasteiger partial charge in [-0.15, -0.1) is 0 Å². The third-order valence-corrected chi connectivity index (χ3v) is 3.05. The number of anilines is 2. The smallest absolute Gasteiger partial charge is 0.224 e. The van der Waals surface area contributed by atoms with Crippen LogP contribution in [0.1, 0.15) is 19.3 Å². The maximum atomic E-state index is 11.8. The van der Waals surface area contributed by atoms with Crippen LogP contribution in [-0.4, -0.2) is 19.1 Å². The first-order valence-corrected chi connectivity index (χ1v) is 5.98. The van der Waals surface area contributed by atoms with Gasteiger partial charge in [0.1, 0.15) is 0 Å². The lowest BCUT2D eigenvalue weighted by Crippen LogP contribution is -2.22. The molecule has 1 aliphatic rings. The molecule has 1 fully saturated rings. The van der Waals surface area contributed by atoms with E-state index in [1.54, 1.807) is 6.07 Å². The van der Waals surface area contributed by atoms with E-state index in [1.807, 2.05) is 18.2 Å². The van der Waals surface area contributed by atoms with Gasteiger partial charge >= 0.3 is 0 Å². The molecule has 4 nitrogen and oxygen atoms in total. The second-order valence-electron chi connectivity index (χ2n) is 4.40. The summed E-state index contributed by atoms with van der Waals surface area (Å²) >= 11 is 0.